The van der Waals surface area contributed by atoms with Crippen molar-refractivity contribution in [1.82, 2.24) is 4.90 Å². The number of fused-ring (bicyclic) bond motifs is 1. The van der Waals surface area contributed by atoms with E-state index in [2.05, 4.69) is 0 Å². The first-order valence-corrected chi connectivity index (χ1v) is 7.94. The fraction of sp³-hybridized carbons (Fsp3) is 0.588. The lowest BCUT2D eigenvalue weighted by Gasteiger charge is -2.34. The predicted octanol–water partition coefficient (Wildman–Crippen LogP) is 1.77. The normalized spacial score (nSPS) is 26.9. The summed E-state index contributed by atoms with van der Waals surface area (Å²) >= 11 is 0. The number of rotatable bonds is 5. The number of carboxylic acid groups (broad SMARTS) is 1. The first-order chi connectivity index (χ1) is 11.5. The minimum atomic E-state index is -0.884. The second-order valence-corrected chi connectivity index (χ2v) is 6.47. The van der Waals surface area contributed by atoms with Crippen molar-refractivity contribution < 1.29 is 28.5 Å². The number of halogens is 1. The van der Waals surface area contributed by atoms with E-state index in [1.54, 1.807) is 6.07 Å². The summed E-state index contributed by atoms with van der Waals surface area (Å²) in [5, 5.41) is 9.67. The summed E-state index contributed by atoms with van der Waals surface area (Å²) in [7, 11) is 2.96. The second-order valence-electron chi connectivity index (χ2n) is 6.47. The fourth-order valence-electron chi connectivity index (χ4n) is 3.77. The van der Waals surface area contributed by atoms with Crippen LogP contribution in [0.4, 0.5) is 4.39 Å². The third kappa shape index (κ3) is 2.82. The van der Waals surface area contributed by atoms with Gasteiger partial charge in [-0.05, 0) is 18.4 Å². The number of nitrogens with zero attached hydrogens (tertiary/aromatic N) is 1. The number of ether oxygens (including phenoxy) is 3. The third-order valence-electron chi connectivity index (χ3n) is 5.11. The van der Waals surface area contributed by atoms with E-state index in [9.17, 15) is 14.3 Å². The molecule has 6 nitrogen and oxygen atoms in total. The van der Waals surface area contributed by atoms with Crippen molar-refractivity contribution in [3.63, 3.8) is 0 Å². The Morgan fingerprint density at radius 2 is 2.12 bits per heavy atom. The molecule has 2 saturated heterocycles. The predicted molar refractivity (Wildman–Crippen MR) is 83.8 cm³/mol. The van der Waals surface area contributed by atoms with E-state index >= 15 is 0 Å². The molecule has 2 atom stereocenters. The zero-order valence-corrected chi connectivity index (χ0v) is 13.9. The van der Waals surface area contributed by atoms with Crippen LogP contribution in [0.1, 0.15) is 12.0 Å². The maximum atomic E-state index is 14.3. The Morgan fingerprint density at radius 1 is 1.42 bits per heavy atom. The van der Waals surface area contributed by atoms with Gasteiger partial charge in [-0.3, -0.25) is 9.69 Å². The summed E-state index contributed by atoms with van der Waals surface area (Å²) < 4.78 is 30.1. The summed E-state index contributed by atoms with van der Waals surface area (Å²) in [4.78, 5) is 13.8. The molecule has 0 unspecified atom stereocenters. The Kier molecular flexibility index (Phi) is 4.64. The standard InChI is InChI=1S/C17H22FNO5/c1-22-14-5-11(13(18)6-15(14)23-2)7-19-8-12-3-4-24-10-17(12,9-19)16(20)21/h5-6,12H,3-4,7-10H2,1-2H3,(H,20,21)/t12-,17+/m0/s1. The number of methoxy groups -OCH3 is 2. The van der Waals surface area contributed by atoms with Gasteiger partial charge in [-0.2, -0.15) is 0 Å². The van der Waals surface area contributed by atoms with Crippen LogP contribution >= 0.6 is 0 Å². The molecule has 0 bridgehead atoms. The number of hydrogen-bond donors (Lipinski definition) is 1. The fourth-order valence-corrected chi connectivity index (χ4v) is 3.77. The summed E-state index contributed by atoms with van der Waals surface area (Å²) in [6.45, 7) is 2.12. The van der Waals surface area contributed by atoms with Crippen molar-refractivity contribution in [2.45, 2.75) is 13.0 Å². The highest BCUT2D eigenvalue weighted by Gasteiger charge is 2.54. The number of carbonyl (C=O) groups is 1. The number of hydrogen-bond acceptors (Lipinski definition) is 5. The molecule has 2 fully saturated rings. The summed E-state index contributed by atoms with van der Waals surface area (Å²) in [6, 6.07) is 2.91. The molecule has 1 aromatic carbocycles. The van der Waals surface area contributed by atoms with Crippen molar-refractivity contribution >= 4 is 5.97 Å². The van der Waals surface area contributed by atoms with Crippen molar-refractivity contribution in [3.05, 3.63) is 23.5 Å². The molecule has 0 aliphatic carbocycles. The summed E-state index contributed by atoms with van der Waals surface area (Å²) in [5.41, 5.74) is -0.418. The molecule has 1 aromatic rings. The minimum absolute atomic E-state index is 0.0342. The lowest BCUT2D eigenvalue weighted by molar-refractivity contribution is -0.159. The van der Waals surface area contributed by atoms with Gasteiger partial charge in [0.2, 0.25) is 0 Å². The van der Waals surface area contributed by atoms with Crippen LogP contribution in [0.3, 0.4) is 0 Å². The Balaban J connectivity index is 1.81. The van der Waals surface area contributed by atoms with E-state index in [4.69, 9.17) is 14.2 Å². The molecule has 2 aliphatic heterocycles. The summed E-state index contributed by atoms with van der Waals surface area (Å²) in [5.74, 6) is -0.386. The minimum Gasteiger partial charge on any atom is -0.493 e. The number of aliphatic carboxylic acids is 1. The van der Waals surface area contributed by atoms with Gasteiger partial charge in [0.05, 0.1) is 20.8 Å². The zero-order chi connectivity index (χ0) is 17.3. The van der Waals surface area contributed by atoms with Crippen LogP contribution in [0.5, 0.6) is 11.5 Å². The van der Waals surface area contributed by atoms with Crippen LogP contribution in [-0.2, 0) is 16.1 Å². The van der Waals surface area contributed by atoms with Gasteiger partial charge >= 0.3 is 5.97 Å². The Morgan fingerprint density at radius 3 is 2.75 bits per heavy atom. The van der Waals surface area contributed by atoms with Crippen LogP contribution < -0.4 is 9.47 Å². The van der Waals surface area contributed by atoms with Crippen LogP contribution in [0, 0.1) is 17.2 Å². The second kappa shape index (κ2) is 6.57. The third-order valence-corrected chi connectivity index (χ3v) is 5.11. The van der Waals surface area contributed by atoms with Crippen molar-refractivity contribution in [3.8, 4) is 11.5 Å². The molecule has 132 valence electrons. The Bertz CT molecular complexity index is 638. The molecule has 2 heterocycles. The lowest BCUT2D eigenvalue weighted by Crippen LogP contribution is -2.46. The Labute approximate surface area is 140 Å². The van der Waals surface area contributed by atoms with Gasteiger partial charge in [0.1, 0.15) is 11.2 Å². The van der Waals surface area contributed by atoms with Crippen molar-refractivity contribution in [2.75, 3.05) is 40.5 Å². The molecule has 3 rings (SSSR count). The molecule has 24 heavy (non-hydrogen) atoms. The molecule has 2 aliphatic rings. The SMILES string of the molecule is COc1cc(F)c(CN2C[C@@H]3CCOC[C@]3(C(=O)O)C2)cc1OC. The number of carboxylic acids is 1. The van der Waals surface area contributed by atoms with E-state index in [0.29, 0.717) is 43.3 Å². The maximum absolute atomic E-state index is 14.3. The summed E-state index contributed by atoms with van der Waals surface area (Å²) in [6.07, 6.45) is 0.719. The van der Waals surface area contributed by atoms with E-state index < -0.39 is 11.4 Å². The van der Waals surface area contributed by atoms with E-state index in [1.807, 2.05) is 4.90 Å². The van der Waals surface area contributed by atoms with Gasteiger partial charge in [-0.25, -0.2) is 4.39 Å². The Hall–Kier alpha value is -1.86. The molecule has 1 N–H and O–H groups in total. The molecular formula is C17H22FNO5. The molecular weight excluding hydrogens is 317 g/mol. The molecule has 0 radical (unpaired) electrons. The molecule has 0 amide bonds. The van der Waals surface area contributed by atoms with Crippen molar-refractivity contribution in [1.29, 1.82) is 0 Å². The smallest absolute Gasteiger partial charge is 0.313 e. The monoisotopic (exact) mass is 339 g/mol. The van der Waals surface area contributed by atoms with Gasteiger partial charge < -0.3 is 19.3 Å². The van der Waals surface area contributed by atoms with Crippen LogP contribution in [0.2, 0.25) is 0 Å². The quantitative estimate of drug-likeness (QED) is 0.882. The average molecular weight is 339 g/mol. The average Bonchev–Trinajstić information content (AvgIpc) is 2.95. The van der Waals surface area contributed by atoms with Gasteiger partial charge in [0.15, 0.2) is 11.5 Å². The van der Waals surface area contributed by atoms with Crippen LogP contribution in [0.25, 0.3) is 0 Å². The lowest BCUT2D eigenvalue weighted by atomic mass is 9.76. The largest absolute Gasteiger partial charge is 0.493 e. The molecule has 7 heteroatoms. The highest BCUT2D eigenvalue weighted by molar-refractivity contribution is 5.76. The first-order valence-electron chi connectivity index (χ1n) is 7.94. The van der Waals surface area contributed by atoms with E-state index in [1.165, 1.54) is 20.3 Å². The van der Waals surface area contributed by atoms with E-state index in [-0.39, 0.29) is 18.3 Å². The zero-order valence-electron chi connectivity index (χ0n) is 13.9. The van der Waals surface area contributed by atoms with Gasteiger partial charge in [0, 0.05) is 37.9 Å². The van der Waals surface area contributed by atoms with Crippen LogP contribution in [0.15, 0.2) is 12.1 Å². The number of benzene rings is 1. The highest BCUT2D eigenvalue weighted by atomic mass is 19.1. The maximum Gasteiger partial charge on any atom is 0.313 e. The van der Waals surface area contributed by atoms with Gasteiger partial charge in [0.25, 0.3) is 0 Å². The van der Waals surface area contributed by atoms with Crippen LogP contribution in [-0.4, -0.2) is 56.5 Å². The molecule has 0 aromatic heterocycles. The molecule has 0 saturated carbocycles. The van der Waals surface area contributed by atoms with Gasteiger partial charge in [-0.15, -0.1) is 0 Å². The molecule has 0 spiro atoms. The number of likely N-dealkylation sites (tertiary alicyclic amines) is 1. The first kappa shape index (κ1) is 17.0. The van der Waals surface area contributed by atoms with E-state index in [0.717, 1.165) is 6.42 Å². The topological polar surface area (TPSA) is 68.2 Å². The highest BCUT2D eigenvalue weighted by Crippen LogP contribution is 2.42. The van der Waals surface area contributed by atoms with Crippen molar-refractivity contribution in [2.24, 2.45) is 11.3 Å². The van der Waals surface area contributed by atoms with Gasteiger partial charge in [-0.1, -0.05) is 0 Å².